The second kappa shape index (κ2) is 7.55. The minimum absolute atomic E-state index is 0.187. The van der Waals surface area contributed by atoms with Crippen molar-refractivity contribution < 1.29 is 14.3 Å². The molecule has 0 fully saturated rings. The van der Waals surface area contributed by atoms with Gasteiger partial charge in [0.1, 0.15) is 5.82 Å². The molecule has 0 aliphatic rings. The van der Waals surface area contributed by atoms with E-state index in [1.54, 1.807) is 18.2 Å². The van der Waals surface area contributed by atoms with E-state index in [1.165, 1.54) is 6.92 Å². The van der Waals surface area contributed by atoms with E-state index in [0.29, 0.717) is 35.3 Å². The molecular weight excluding hydrogens is 314 g/mol. The Kier molecular flexibility index (Phi) is 5.48. The molecule has 0 saturated carbocycles. The fourth-order valence-electron chi connectivity index (χ4n) is 1.96. The van der Waals surface area contributed by atoms with Gasteiger partial charge in [0.15, 0.2) is 11.5 Å². The first-order chi connectivity index (χ1) is 11.5. The van der Waals surface area contributed by atoms with Gasteiger partial charge in [0.25, 0.3) is 5.95 Å². The summed E-state index contributed by atoms with van der Waals surface area (Å²) in [5.41, 5.74) is -0.0989. The molecule has 0 aliphatic carbocycles. The summed E-state index contributed by atoms with van der Waals surface area (Å²) in [6.07, 6.45) is 0. The first-order valence-electron chi connectivity index (χ1n) is 7.40. The van der Waals surface area contributed by atoms with Crippen molar-refractivity contribution in [3.05, 3.63) is 28.7 Å². The minimum atomic E-state index is -0.668. The summed E-state index contributed by atoms with van der Waals surface area (Å²) < 4.78 is 11.0. The number of benzene rings is 1. The molecule has 9 heteroatoms. The Morgan fingerprint density at radius 2 is 1.88 bits per heavy atom. The van der Waals surface area contributed by atoms with E-state index in [1.807, 2.05) is 13.8 Å². The van der Waals surface area contributed by atoms with Crippen LogP contribution in [0, 0.1) is 0 Å². The number of nitrogens with two attached hydrogens (primary N) is 1. The van der Waals surface area contributed by atoms with Gasteiger partial charge in [-0.2, -0.15) is 9.97 Å². The van der Waals surface area contributed by atoms with Gasteiger partial charge in [-0.1, -0.05) is 0 Å². The third-order valence-electron chi connectivity index (χ3n) is 3.01. The van der Waals surface area contributed by atoms with Crippen LogP contribution in [0.5, 0.6) is 11.5 Å². The Labute approximate surface area is 138 Å². The Morgan fingerprint density at radius 3 is 2.50 bits per heavy atom. The first kappa shape index (κ1) is 17.4. The number of amides is 1. The topological polar surface area (TPSA) is 123 Å². The van der Waals surface area contributed by atoms with E-state index in [2.05, 4.69) is 15.0 Å². The molecule has 3 N–H and O–H groups in total. The van der Waals surface area contributed by atoms with E-state index in [0.717, 1.165) is 0 Å². The number of aromatic nitrogens is 3. The molecule has 0 spiro atoms. The standard InChI is InChI=1S/C15H19N5O4/c1-4-23-11-7-6-10(8-12(11)24-5-2)13-17-14(19-15(22)18-13)20(16)9(3)21/h6-8H,4-5,16H2,1-3H3,(H,17,18,19,22). The number of hydrogen-bond acceptors (Lipinski definition) is 7. The maximum Gasteiger partial charge on any atom is 0.349 e. The summed E-state index contributed by atoms with van der Waals surface area (Å²) in [6, 6.07) is 5.12. The SMILES string of the molecule is CCOc1ccc(-c2nc(N(N)C(C)=O)nc(=O)[nH]2)cc1OCC. The van der Waals surface area contributed by atoms with Crippen molar-refractivity contribution in [3.8, 4) is 22.9 Å². The van der Waals surface area contributed by atoms with Gasteiger partial charge in [-0.25, -0.2) is 15.6 Å². The summed E-state index contributed by atoms with van der Waals surface area (Å²) in [4.78, 5) is 33.3. The van der Waals surface area contributed by atoms with Crippen LogP contribution in [0.4, 0.5) is 5.95 Å². The summed E-state index contributed by atoms with van der Waals surface area (Å²) in [7, 11) is 0. The van der Waals surface area contributed by atoms with Gasteiger partial charge < -0.3 is 9.47 Å². The maximum atomic E-state index is 11.7. The molecule has 0 unspecified atom stereocenters. The number of anilines is 1. The fraction of sp³-hybridized carbons (Fsp3) is 0.333. The van der Waals surface area contributed by atoms with Crippen molar-refractivity contribution in [1.82, 2.24) is 15.0 Å². The van der Waals surface area contributed by atoms with Gasteiger partial charge in [-0.3, -0.25) is 9.78 Å². The predicted molar refractivity (Wildman–Crippen MR) is 87.8 cm³/mol. The zero-order chi connectivity index (χ0) is 17.7. The molecule has 2 rings (SSSR count). The number of rotatable bonds is 6. The van der Waals surface area contributed by atoms with Crippen LogP contribution in [0.1, 0.15) is 20.8 Å². The average molecular weight is 333 g/mol. The number of ether oxygens (including phenoxy) is 2. The van der Waals surface area contributed by atoms with Crippen LogP contribution in [0.2, 0.25) is 0 Å². The number of nitrogens with one attached hydrogen (secondary N) is 1. The number of aromatic amines is 1. The molecule has 0 bridgehead atoms. The highest BCUT2D eigenvalue weighted by atomic mass is 16.5. The molecule has 0 saturated heterocycles. The van der Waals surface area contributed by atoms with E-state index < -0.39 is 11.6 Å². The van der Waals surface area contributed by atoms with Crippen LogP contribution < -0.4 is 26.0 Å². The Balaban J connectivity index is 2.49. The first-order valence-corrected chi connectivity index (χ1v) is 7.40. The third-order valence-corrected chi connectivity index (χ3v) is 3.01. The van der Waals surface area contributed by atoms with Gasteiger partial charge in [0, 0.05) is 12.5 Å². The lowest BCUT2D eigenvalue weighted by molar-refractivity contribution is -0.116. The minimum Gasteiger partial charge on any atom is -0.490 e. The molecule has 128 valence electrons. The molecule has 0 aliphatic heterocycles. The van der Waals surface area contributed by atoms with Gasteiger partial charge >= 0.3 is 5.69 Å². The normalized spacial score (nSPS) is 10.3. The van der Waals surface area contributed by atoms with E-state index in [9.17, 15) is 9.59 Å². The maximum absolute atomic E-state index is 11.7. The highest BCUT2D eigenvalue weighted by Gasteiger charge is 2.15. The highest BCUT2D eigenvalue weighted by Crippen LogP contribution is 2.31. The van der Waals surface area contributed by atoms with E-state index in [4.69, 9.17) is 15.3 Å². The zero-order valence-corrected chi connectivity index (χ0v) is 13.7. The number of hydrogen-bond donors (Lipinski definition) is 2. The van der Waals surface area contributed by atoms with Gasteiger partial charge in [0.05, 0.1) is 13.2 Å². The smallest absolute Gasteiger partial charge is 0.349 e. The highest BCUT2D eigenvalue weighted by molar-refractivity contribution is 5.88. The van der Waals surface area contributed by atoms with E-state index in [-0.39, 0.29) is 11.8 Å². The number of carbonyl (C=O) groups is 1. The van der Waals surface area contributed by atoms with Crippen LogP contribution in [0.3, 0.4) is 0 Å². The molecule has 0 radical (unpaired) electrons. The molecule has 2 aromatic rings. The number of H-pyrrole nitrogens is 1. The summed E-state index contributed by atoms with van der Waals surface area (Å²) in [5, 5.41) is 0.705. The summed E-state index contributed by atoms with van der Waals surface area (Å²) in [6.45, 7) is 5.92. The third kappa shape index (κ3) is 3.87. The van der Waals surface area contributed by atoms with Crippen molar-refractivity contribution in [2.24, 2.45) is 5.84 Å². The Bertz CT molecular complexity index is 790. The van der Waals surface area contributed by atoms with Crippen molar-refractivity contribution in [3.63, 3.8) is 0 Å². The predicted octanol–water partition coefficient (Wildman–Crippen LogP) is 0.856. The molecule has 9 nitrogen and oxygen atoms in total. The molecule has 1 amide bonds. The molecule has 1 aromatic carbocycles. The number of nitrogens with zero attached hydrogens (tertiary/aromatic N) is 3. The van der Waals surface area contributed by atoms with Crippen molar-refractivity contribution in [2.45, 2.75) is 20.8 Å². The lowest BCUT2D eigenvalue weighted by atomic mass is 10.2. The number of hydrazine groups is 1. The number of carbonyl (C=O) groups excluding carboxylic acids is 1. The summed E-state index contributed by atoms with van der Waals surface area (Å²) >= 11 is 0. The second-order valence-corrected chi connectivity index (χ2v) is 4.72. The lowest BCUT2D eigenvalue weighted by Crippen LogP contribution is -2.38. The van der Waals surface area contributed by atoms with Crippen LogP contribution in [-0.4, -0.2) is 34.1 Å². The molecule has 1 heterocycles. The monoisotopic (exact) mass is 333 g/mol. The molecular formula is C15H19N5O4. The summed E-state index contributed by atoms with van der Waals surface area (Å²) in [5.74, 6) is 6.20. The lowest BCUT2D eigenvalue weighted by Gasteiger charge is -2.14. The fourth-order valence-corrected chi connectivity index (χ4v) is 1.96. The zero-order valence-electron chi connectivity index (χ0n) is 13.7. The van der Waals surface area contributed by atoms with Crippen molar-refractivity contribution in [1.29, 1.82) is 0 Å². The Morgan fingerprint density at radius 1 is 1.21 bits per heavy atom. The molecule has 24 heavy (non-hydrogen) atoms. The van der Waals surface area contributed by atoms with Crippen molar-refractivity contribution >= 4 is 11.9 Å². The van der Waals surface area contributed by atoms with Gasteiger partial charge in [-0.05, 0) is 32.0 Å². The van der Waals surface area contributed by atoms with Crippen LogP contribution in [0.15, 0.2) is 23.0 Å². The molecule has 1 aromatic heterocycles. The van der Waals surface area contributed by atoms with Crippen LogP contribution in [-0.2, 0) is 4.79 Å². The largest absolute Gasteiger partial charge is 0.490 e. The van der Waals surface area contributed by atoms with E-state index >= 15 is 0 Å². The molecule has 0 atom stereocenters. The van der Waals surface area contributed by atoms with Gasteiger partial charge in [0.2, 0.25) is 5.91 Å². The second-order valence-electron chi connectivity index (χ2n) is 4.72. The Hall–Kier alpha value is -2.94. The quantitative estimate of drug-likeness (QED) is 0.456. The van der Waals surface area contributed by atoms with Crippen LogP contribution in [0.25, 0.3) is 11.4 Å². The van der Waals surface area contributed by atoms with Crippen LogP contribution >= 0.6 is 0 Å². The van der Waals surface area contributed by atoms with Gasteiger partial charge in [-0.15, -0.1) is 0 Å². The average Bonchev–Trinajstić information content (AvgIpc) is 2.55. The van der Waals surface area contributed by atoms with Crippen molar-refractivity contribution in [2.75, 3.05) is 18.2 Å².